The second-order valence-electron chi connectivity index (χ2n) is 3.78. The lowest BCUT2D eigenvalue weighted by Gasteiger charge is -2.04. The molecule has 96 valence electrons. The molecule has 2 heterocycles. The number of nitrogens with one attached hydrogen (secondary N) is 1. The highest BCUT2D eigenvalue weighted by atomic mass is 16.4. The number of hydrogen-bond acceptors (Lipinski definition) is 4. The molecule has 0 atom stereocenters. The van der Waals surface area contributed by atoms with E-state index in [2.05, 4.69) is 15.3 Å². The standard InChI is InChI=1S/C13H11N3O3/c17-12(10-2-1-5-14-8-10)16-7-9-3-4-11(13(18)19)15-6-9/h1-6,8H,7H2,(H,16,17)(H,18,19). The van der Waals surface area contributed by atoms with E-state index >= 15 is 0 Å². The number of carbonyl (C=O) groups is 2. The van der Waals surface area contributed by atoms with Crippen molar-refractivity contribution in [3.05, 3.63) is 59.7 Å². The van der Waals surface area contributed by atoms with E-state index in [0.717, 1.165) is 5.56 Å². The summed E-state index contributed by atoms with van der Waals surface area (Å²) in [5.74, 6) is -1.32. The predicted molar refractivity (Wildman–Crippen MR) is 66.6 cm³/mol. The van der Waals surface area contributed by atoms with Crippen molar-refractivity contribution in [1.82, 2.24) is 15.3 Å². The maximum atomic E-state index is 11.7. The molecule has 0 unspecified atom stereocenters. The number of carboxylic acids is 1. The molecule has 0 aliphatic carbocycles. The van der Waals surface area contributed by atoms with Crippen LogP contribution in [-0.2, 0) is 6.54 Å². The fraction of sp³-hybridized carbons (Fsp3) is 0.0769. The first-order chi connectivity index (χ1) is 9.16. The molecule has 1 amide bonds. The fourth-order valence-corrected chi connectivity index (χ4v) is 1.44. The van der Waals surface area contributed by atoms with Crippen LogP contribution in [0.15, 0.2) is 42.9 Å². The third-order valence-electron chi connectivity index (χ3n) is 2.42. The van der Waals surface area contributed by atoms with E-state index in [-0.39, 0.29) is 18.1 Å². The van der Waals surface area contributed by atoms with Crippen LogP contribution in [0.2, 0.25) is 0 Å². The maximum Gasteiger partial charge on any atom is 0.354 e. The zero-order valence-corrected chi connectivity index (χ0v) is 9.91. The number of hydrogen-bond donors (Lipinski definition) is 2. The summed E-state index contributed by atoms with van der Waals surface area (Å²) in [4.78, 5) is 30.0. The van der Waals surface area contributed by atoms with Gasteiger partial charge in [0.05, 0.1) is 5.56 Å². The minimum absolute atomic E-state index is 0.0256. The summed E-state index contributed by atoms with van der Waals surface area (Å²) < 4.78 is 0. The minimum atomic E-state index is -1.08. The lowest BCUT2D eigenvalue weighted by atomic mass is 10.2. The van der Waals surface area contributed by atoms with Gasteiger partial charge in [-0.2, -0.15) is 0 Å². The van der Waals surface area contributed by atoms with Crippen molar-refractivity contribution in [1.29, 1.82) is 0 Å². The second kappa shape index (κ2) is 5.72. The monoisotopic (exact) mass is 257 g/mol. The Hall–Kier alpha value is -2.76. The Kier molecular flexibility index (Phi) is 3.82. The van der Waals surface area contributed by atoms with Gasteiger partial charge in [-0.1, -0.05) is 6.07 Å². The highest BCUT2D eigenvalue weighted by Gasteiger charge is 2.06. The Morgan fingerprint density at radius 2 is 2.05 bits per heavy atom. The lowest BCUT2D eigenvalue weighted by Crippen LogP contribution is -2.23. The van der Waals surface area contributed by atoms with E-state index in [1.807, 2.05) is 0 Å². The number of aromatic carboxylic acids is 1. The molecule has 6 nitrogen and oxygen atoms in total. The normalized spacial score (nSPS) is 9.89. The molecule has 0 saturated heterocycles. The summed E-state index contributed by atoms with van der Waals surface area (Å²) in [6.07, 6.45) is 4.49. The summed E-state index contributed by atoms with van der Waals surface area (Å²) >= 11 is 0. The molecule has 2 N–H and O–H groups in total. The van der Waals surface area contributed by atoms with Crippen molar-refractivity contribution in [3.8, 4) is 0 Å². The molecule has 0 radical (unpaired) electrons. The van der Waals surface area contributed by atoms with Gasteiger partial charge in [0, 0.05) is 25.1 Å². The fourth-order valence-electron chi connectivity index (χ4n) is 1.44. The molecule has 0 saturated carbocycles. The molecule has 2 rings (SSSR count). The van der Waals surface area contributed by atoms with Crippen LogP contribution in [0.1, 0.15) is 26.4 Å². The number of carboxylic acid groups (broad SMARTS) is 1. The van der Waals surface area contributed by atoms with Crippen LogP contribution < -0.4 is 5.32 Å². The zero-order chi connectivity index (χ0) is 13.7. The van der Waals surface area contributed by atoms with Gasteiger partial charge in [0.1, 0.15) is 5.69 Å². The Morgan fingerprint density at radius 1 is 1.21 bits per heavy atom. The van der Waals surface area contributed by atoms with Crippen LogP contribution in [0.5, 0.6) is 0 Å². The van der Waals surface area contributed by atoms with Crippen LogP contribution >= 0.6 is 0 Å². The predicted octanol–water partition coefficient (Wildman–Crippen LogP) is 1.10. The smallest absolute Gasteiger partial charge is 0.354 e. The van der Waals surface area contributed by atoms with Crippen LogP contribution in [0.25, 0.3) is 0 Å². The third-order valence-corrected chi connectivity index (χ3v) is 2.42. The van der Waals surface area contributed by atoms with Crippen molar-refractivity contribution >= 4 is 11.9 Å². The summed E-state index contributed by atoms with van der Waals surface area (Å²) in [6.45, 7) is 0.278. The summed E-state index contributed by atoms with van der Waals surface area (Å²) in [6, 6.07) is 6.35. The first-order valence-corrected chi connectivity index (χ1v) is 5.53. The van der Waals surface area contributed by atoms with E-state index in [9.17, 15) is 9.59 Å². The van der Waals surface area contributed by atoms with Gasteiger partial charge >= 0.3 is 5.97 Å². The maximum absolute atomic E-state index is 11.7. The molecule has 0 bridgehead atoms. The summed E-state index contributed by atoms with van der Waals surface area (Å²) in [5, 5.41) is 11.4. The van der Waals surface area contributed by atoms with Gasteiger partial charge in [-0.3, -0.25) is 9.78 Å². The van der Waals surface area contributed by atoms with Gasteiger partial charge in [0.25, 0.3) is 5.91 Å². The van der Waals surface area contributed by atoms with E-state index in [1.54, 1.807) is 24.4 Å². The Labute approximate surface area is 109 Å². The van der Waals surface area contributed by atoms with E-state index in [4.69, 9.17) is 5.11 Å². The number of nitrogens with zero attached hydrogens (tertiary/aromatic N) is 2. The van der Waals surface area contributed by atoms with Crippen molar-refractivity contribution < 1.29 is 14.7 Å². The van der Waals surface area contributed by atoms with E-state index in [1.165, 1.54) is 18.5 Å². The largest absolute Gasteiger partial charge is 0.477 e. The van der Waals surface area contributed by atoms with Crippen molar-refractivity contribution in [3.63, 3.8) is 0 Å². The second-order valence-corrected chi connectivity index (χ2v) is 3.78. The van der Waals surface area contributed by atoms with Gasteiger partial charge in [-0.25, -0.2) is 9.78 Å². The van der Waals surface area contributed by atoms with Gasteiger partial charge in [0.15, 0.2) is 0 Å². The van der Waals surface area contributed by atoms with Crippen molar-refractivity contribution in [2.75, 3.05) is 0 Å². The Bertz CT molecular complexity index is 582. The molecule has 19 heavy (non-hydrogen) atoms. The Morgan fingerprint density at radius 3 is 2.63 bits per heavy atom. The van der Waals surface area contributed by atoms with Crippen LogP contribution in [0.4, 0.5) is 0 Å². The number of pyridine rings is 2. The molecule has 0 aliphatic rings. The molecule has 6 heteroatoms. The van der Waals surface area contributed by atoms with E-state index in [0.29, 0.717) is 5.56 Å². The molecule has 0 spiro atoms. The average molecular weight is 257 g/mol. The van der Waals surface area contributed by atoms with Crippen molar-refractivity contribution in [2.45, 2.75) is 6.54 Å². The molecular weight excluding hydrogens is 246 g/mol. The van der Waals surface area contributed by atoms with Crippen molar-refractivity contribution in [2.24, 2.45) is 0 Å². The number of aromatic nitrogens is 2. The SMILES string of the molecule is O=C(NCc1ccc(C(=O)O)nc1)c1cccnc1. The quantitative estimate of drug-likeness (QED) is 0.855. The van der Waals surface area contributed by atoms with E-state index < -0.39 is 5.97 Å². The molecular formula is C13H11N3O3. The molecule has 2 aromatic heterocycles. The van der Waals surface area contributed by atoms with Crippen LogP contribution in [0.3, 0.4) is 0 Å². The molecule has 0 fully saturated rings. The zero-order valence-electron chi connectivity index (χ0n) is 9.91. The topological polar surface area (TPSA) is 92.2 Å². The molecule has 0 aromatic carbocycles. The number of carbonyl (C=O) groups excluding carboxylic acids is 1. The summed E-state index contributed by atoms with van der Waals surface area (Å²) in [5.41, 5.74) is 1.17. The van der Waals surface area contributed by atoms with Crippen LogP contribution in [-0.4, -0.2) is 27.0 Å². The highest BCUT2D eigenvalue weighted by Crippen LogP contribution is 2.01. The minimum Gasteiger partial charge on any atom is -0.477 e. The molecule has 0 aliphatic heterocycles. The van der Waals surface area contributed by atoms with Gasteiger partial charge in [0.2, 0.25) is 0 Å². The molecule has 2 aromatic rings. The lowest BCUT2D eigenvalue weighted by molar-refractivity contribution is 0.0690. The average Bonchev–Trinajstić information content (AvgIpc) is 2.46. The Balaban J connectivity index is 1.95. The summed E-state index contributed by atoms with van der Waals surface area (Å²) in [7, 11) is 0. The first kappa shape index (κ1) is 12.7. The highest BCUT2D eigenvalue weighted by molar-refractivity contribution is 5.93. The van der Waals surface area contributed by atoms with Gasteiger partial charge in [-0.15, -0.1) is 0 Å². The van der Waals surface area contributed by atoms with Gasteiger partial charge in [-0.05, 0) is 23.8 Å². The number of rotatable bonds is 4. The third kappa shape index (κ3) is 3.35. The van der Waals surface area contributed by atoms with Gasteiger partial charge < -0.3 is 10.4 Å². The first-order valence-electron chi connectivity index (χ1n) is 5.53. The number of amides is 1. The van der Waals surface area contributed by atoms with Crippen LogP contribution in [0, 0.1) is 0 Å².